The van der Waals surface area contributed by atoms with E-state index >= 15 is 0 Å². The van der Waals surface area contributed by atoms with Crippen LogP contribution in [0.15, 0.2) is 73.1 Å². The molecule has 4 aromatic rings. The van der Waals surface area contributed by atoms with E-state index in [1.54, 1.807) is 0 Å². The van der Waals surface area contributed by atoms with Gasteiger partial charge in [-0.15, -0.1) is 0 Å². The molecule has 0 spiro atoms. The van der Waals surface area contributed by atoms with Gasteiger partial charge in [-0.05, 0) is 49.2 Å². The van der Waals surface area contributed by atoms with Gasteiger partial charge >= 0.3 is 0 Å². The van der Waals surface area contributed by atoms with Gasteiger partial charge in [0.05, 0.1) is 35.3 Å². The predicted molar refractivity (Wildman–Crippen MR) is 120 cm³/mol. The van der Waals surface area contributed by atoms with Crippen molar-refractivity contribution >= 4 is 5.69 Å². The van der Waals surface area contributed by atoms with Crippen LogP contribution in [0.25, 0.3) is 22.4 Å². The molecule has 0 unspecified atom stereocenters. The van der Waals surface area contributed by atoms with Crippen LogP contribution in [-0.2, 0) is 13.1 Å². The zero-order chi connectivity index (χ0) is 20.9. The minimum absolute atomic E-state index is 0.658. The largest absolute Gasteiger partial charge is 0.378 e. The van der Waals surface area contributed by atoms with Gasteiger partial charge in [-0.1, -0.05) is 36.4 Å². The van der Waals surface area contributed by atoms with E-state index in [0.29, 0.717) is 12.1 Å². The Morgan fingerprint density at radius 3 is 2.57 bits per heavy atom. The molecule has 0 aliphatic rings. The number of aryl methyl sites for hydroxylation is 2. The third-order valence-corrected chi connectivity index (χ3v) is 5.11. The number of aromatic nitrogens is 3. The number of rotatable bonds is 6. The van der Waals surface area contributed by atoms with Crippen molar-refractivity contribution in [3.8, 4) is 28.5 Å². The number of anilines is 1. The molecule has 2 aromatic carbocycles. The highest BCUT2D eigenvalue weighted by molar-refractivity contribution is 5.70. The van der Waals surface area contributed by atoms with Gasteiger partial charge in [0.15, 0.2) is 0 Å². The second kappa shape index (κ2) is 8.62. The van der Waals surface area contributed by atoms with Crippen molar-refractivity contribution in [2.24, 2.45) is 0 Å². The maximum absolute atomic E-state index is 9.08. The quantitative estimate of drug-likeness (QED) is 0.475. The lowest BCUT2D eigenvalue weighted by Crippen LogP contribution is -2.08. The summed E-state index contributed by atoms with van der Waals surface area (Å²) in [5.74, 6) is 0. The fraction of sp³-hybridized carbons (Fsp3) is 0.160. The number of nitrogens with zero attached hydrogens (tertiary/aromatic N) is 4. The molecule has 5 nitrogen and oxygen atoms in total. The van der Waals surface area contributed by atoms with Crippen LogP contribution >= 0.6 is 0 Å². The highest BCUT2D eigenvalue weighted by atomic mass is 15.3. The van der Waals surface area contributed by atoms with Crippen molar-refractivity contribution < 1.29 is 0 Å². The monoisotopic (exact) mass is 393 g/mol. The highest BCUT2D eigenvalue weighted by Crippen LogP contribution is 2.26. The van der Waals surface area contributed by atoms with Gasteiger partial charge in [-0.25, -0.2) is 0 Å². The van der Waals surface area contributed by atoms with Crippen LogP contribution in [-0.4, -0.2) is 14.8 Å². The average Bonchev–Trinajstić information content (AvgIpc) is 3.21. The summed E-state index contributed by atoms with van der Waals surface area (Å²) >= 11 is 0. The number of benzene rings is 2. The van der Waals surface area contributed by atoms with Crippen LogP contribution in [0.5, 0.6) is 0 Å². The first-order valence-electron chi connectivity index (χ1n) is 10.00. The van der Waals surface area contributed by atoms with Crippen LogP contribution in [0.1, 0.15) is 23.7 Å². The summed E-state index contributed by atoms with van der Waals surface area (Å²) in [4.78, 5) is 4.40. The van der Waals surface area contributed by atoms with Crippen molar-refractivity contribution in [2.45, 2.75) is 26.9 Å². The van der Waals surface area contributed by atoms with E-state index in [2.05, 4.69) is 47.6 Å². The molecule has 0 aliphatic heterocycles. The zero-order valence-electron chi connectivity index (χ0n) is 17.1. The van der Waals surface area contributed by atoms with E-state index in [4.69, 9.17) is 10.4 Å². The van der Waals surface area contributed by atoms with E-state index < -0.39 is 0 Å². The maximum Gasteiger partial charge on any atom is 0.0991 e. The Morgan fingerprint density at radius 2 is 1.83 bits per heavy atom. The molecule has 0 bridgehead atoms. The number of nitriles is 1. The van der Waals surface area contributed by atoms with E-state index in [9.17, 15) is 0 Å². The molecule has 148 valence electrons. The Kier molecular flexibility index (Phi) is 5.58. The molecule has 0 saturated heterocycles. The summed E-state index contributed by atoms with van der Waals surface area (Å²) in [6.07, 6.45) is 3.68. The van der Waals surface area contributed by atoms with Crippen LogP contribution in [0.4, 0.5) is 5.69 Å². The second-order valence-electron chi connectivity index (χ2n) is 7.16. The van der Waals surface area contributed by atoms with Gasteiger partial charge in [0.2, 0.25) is 0 Å². The van der Waals surface area contributed by atoms with Crippen LogP contribution < -0.4 is 5.32 Å². The summed E-state index contributed by atoms with van der Waals surface area (Å²) in [5.41, 5.74) is 7.99. The van der Waals surface area contributed by atoms with Crippen LogP contribution in [0.2, 0.25) is 0 Å². The molecule has 2 aromatic heterocycles. The third-order valence-electron chi connectivity index (χ3n) is 5.11. The minimum atomic E-state index is 0.658. The first kappa shape index (κ1) is 19.4. The normalized spacial score (nSPS) is 10.6. The Balaban J connectivity index is 1.54. The molecule has 0 aliphatic carbocycles. The summed E-state index contributed by atoms with van der Waals surface area (Å²) < 4.78 is 2.03. The topological polar surface area (TPSA) is 66.5 Å². The fourth-order valence-corrected chi connectivity index (χ4v) is 3.56. The summed E-state index contributed by atoms with van der Waals surface area (Å²) in [5, 5.41) is 17.3. The van der Waals surface area contributed by atoms with Crippen molar-refractivity contribution in [3.05, 3.63) is 89.9 Å². The SMILES string of the molecule is CCn1nc(-c2ccccc2)cc1CNc1cncc(-c2ccc(C#N)cc2C)c1. The van der Waals surface area contributed by atoms with Crippen molar-refractivity contribution in [3.63, 3.8) is 0 Å². The molecule has 30 heavy (non-hydrogen) atoms. The molecule has 0 radical (unpaired) electrons. The van der Waals surface area contributed by atoms with Crippen LogP contribution in [0, 0.1) is 18.3 Å². The Labute approximate surface area is 176 Å². The molecular weight excluding hydrogens is 370 g/mol. The standard InChI is InChI=1S/C25H23N5/c1-3-30-23(13-25(29-30)20-7-5-4-6-8-20)17-28-22-12-21(15-27-16-22)24-10-9-19(14-26)11-18(24)2/h4-13,15-16,28H,3,17H2,1-2H3. The molecule has 0 atom stereocenters. The lowest BCUT2D eigenvalue weighted by atomic mass is 10.00. The van der Waals surface area contributed by atoms with Gasteiger partial charge in [0.1, 0.15) is 0 Å². The molecule has 4 rings (SSSR count). The first-order valence-corrected chi connectivity index (χ1v) is 10.00. The van der Waals surface area contributed by atoms with Crippen molar-refractivity contribution in [1.29, 1.82) is 5.26 Å². The molecule has 0 fully saturated rings. The Morgan fingerprint density at radius 1 is 1.00 bits per heavy atom. The lowest BCUT2D eigenvalue weighted by molar-refractivity contribution is 0.629. The van der Waals surface area contributed by atoms with Crippen molar-refractivity contribution in [2.75, 3.05) is 5.32 Å². The maximum atomic E-state index is 9.08. The smallest absolute Gasteiger partial charge is 0.0991 e. The Hall–Kier alpha value is -3.91. The van der Waals surface area contributed by atoms with E-state index in [0.717, 1.165) is 45.9 Å². The van der Waals surface area contributed by atoms with E-state index in [1.807, 2.05) is 60.4 Å². The predicted octanol–water partition coefficient (Wildman–Crippen LogP) is 5.42. The number of hydrogen-bond donors (Lipinski definition) is 1. The summed E-state index contributed by atoms with van der Waals surface area (Å²) in [6.45, 7) is 5.58. The van der Waals surface area contributed by atoms with Gasteiger partial charge < -0.3 is 5.32 Å². The molecule has 5 heteroatoms. The number of pyridine rings is 1. The number of hydrogen-bond acceptors (Lipinski definition) is 4. The van der Waals surface area contributed by atoms with E-state index in [1.165, 1.54) is 0 Å². The lowest BCUT2D eigenvalue weighted by Gasteiger charge is -2.10. The summed E-state index contributed by atoms with van der Waals surface area (Å²) in [7, 11) is 0. The third kappa shape index (κ3) is 4.08. The van der Waals surface area contributed by atoms with Gasteiger partial charge in [0.25, 0.3) is 0 Å². The molecule has 2 heterocycles. The minimum Gasteiger partial charge on any atom is -0.378 e. The van der Waals surface area contributed by atoms with Gasteiger partial charge in [-0.3, -0.25) is 9.67 Å². The second-order valence-corrected chi connectivity index (χ2v) is 7.16. The number of nitrogens with one attached hydrogen (secondary N) is 1. The first-order chi connectivity index (χ1) is 14.7. The van der Waals surface area contributed by atoms with E-state index in [-0.39, 0.29) is 0 Å². The molecular formula is C25H23N5. The van der Waals surface area contributed by atoms with Gasteiger partial charge in [0, 0.05) is 30.1 Å². The summed E-state index contributed by atoms with van der Waals surface area (Å²) in [6, 6.07) is 22.4. The fourth-order valence-electron chi connectivity index (χ4n) is 3.56. The zero-order valence-corrected chi connectivity index (χ0v) is 17.1. The average molecular weight is 393 g/mol. The molecule has 0 saturated carbocycles. The van der Waals surface area contributed by atoms with Crippen molar-refractivity contribution in [1.82, 2.24) is 14.8 Å². The van der Waals surface area contributed by atoms with Gasteiger partial charge in [-0.2, -0.15) is 10.4 Å². The van der Waals surface area contributed by atoms with Crippen LogP contribution in [0.3, 0.4) is 0 Å². The molecule has 0 amide bonds. The molecule has 1 N–H and O–H groups in total. The Bertz CT molecular complexity index is 1200. The highest BCUT2D eigenvalue weighted by Gasteiger charge is 2.09.